The van der Waals surface area contributed by atoms with Gasteiger partial charge in [-0.05, 0) is 25.0 Å². The fourth-order valence-corrected chi connectivity index (χ4v) is 1.81. The van der Waals surface area contributed by atoms with Crippen molar-refractivity contribution in [1.82, 2.24) is 0 Å². The molecular weight excluding hydrogens is 175 g/mol. The van der Waals surface area contributed by atoms with E-state index in [1.54, 1.807) is 12.1 Å². The van der Waals surface area contributed by atoms with Crippen molar-refractivity contribution in [3.63, 3.8) is 0 Å². The SMILES string of the molecule is Fc1ccccc1C#CC1CCCC1. The maximum atomic E-state index is 13.2. The standard InChI is InChI=1S/C13H13F/c14-13-8-4-3-7-12(13)10-9-11-5-1-2-6-11/h3-4,7-8,11H,1-2,5-6H2. The van der Waals surface area contributed by atoms with Crippen LogP contribution in [0.1, 0.15) is 31.2 Å². The summed E-state index contributed by atoms with van der Waals surface area (Å²) >= 11 is 0. The van der Waals surface area contributed by atoms with E-state index in [1.165, 1.54) is 31.7 Å². The average molecular weight is 188 g/mol. The first-order valence-electron chi connectivity index (χ1n) is 5.12. The molecule has 0 aromatic heterocycles. The molecule has 0 bridgehead atoms. The summed E-state index contributed by atoms with van der Waals surface area (Å²) in [5.41, 5.74) is 0.527. The van der Waals surface area contributed by atoms with Crippen molar-refractivity contribution < 1.29 is 4.39 Å². The van der Waals surface area contributed by atoms with Crippen LogP contribution in [0.5, 0.6) is 0 Å². The molecule has 0 amide bonds. The first kappa shape index (κ1) is 9.27. The van der Waals surface area contributed by atoms with Crippen LogP contribution in [0.15, 0.2) is 24.3 Å². The van der Waals surface area contributed by atoms with Gasteiger partial charge in [0.2, 0.25) is 0 Å². The highest BCUT2D eigenvalue weighted by Crippen LogP contribution is 2.23. The Kier molecular flexibility index (Phi) is 2.84. The van der Waals surface area contributed by atoms with Crippen molar-refractivity contribution in [2.45, 2.75) is 25.7 Å². The van der Waals surface area contributed by atoms with Gasteiger partial charge >= 0.3 is 0 Å². The fourth-order valence-electron chi connectivity index (χ4n) is 1.81. The molecule has 0 heterocycles. The van der Waals surface area contributed by atoms with E-state index in [4.69, 9.17) is 0 Å². The molecule has 0 atom stereocenters. The predicted octanol–water partition coefficient (Wildman–Crippen LogP) is 3.37. The van der Waals surface area contributed by atoms with Gasteiger partial charge in [-0.2, -0.15) is 0 Å². The van der Waals surface area contributed by atoms with Gasteiger partial charge in [0, 0.05) is 5.92 Å². The van der Waals surface area contributed by atoms with Crippen molar-refractivity contribution in [3.05, 3.63) is 35.6 Å². The second-order valence-corrected chi connectivity index (χ2v) is 3.73. The molecule has 72 valence electrons. The third kappa shape index (κ3) is 2.14. The summed E-state index contributed by atoms with van der Waals surface area (Å²) in [5.74, 6) is 6.36. The number of halogens is 1. The van der Waals surface area contributed by atoms with Gasteiger partial charge in [0.15, 0.2) is 0 Å². The van der Waals surface area contributed by atoms with E-state index in [-0.39, 0.29) is 5.82 Å². The lowest BCUT2D eigenvalue weighted by molar-refractivity contribution is 0.624. The molecule has 0 unspecified atom stereocenters. The van der Waals surface area contributed by atoms with Crippen LogP contribution < -0.4 is 0 Å². The lowest BCUT2D eigenvalue weighted by Gasteiger charge is -1.96. The molecule has 0 aliphatic heterocycles. The van der Waals surface area contributed by atoms with E-state index < -0.39 is 0 Å². The molecule has 1 aliphatic carbocycles. The van der Waals surface area contributed by atoms with Crippen molar-refractivity contribution in [1.29, 1.82) is 0 Å². The molecule has 1 aromatic rings. The van der Waals surface area contributed by atoms with E-state index in [0.29, 0.717) is 11.5 Å². The Balaban J connectivity index is 2.12. The zero-order valence-corrected chi connectivity index (χ0v) is 8.09. The summed E-state index contributed by atoms with van der Waals surface area (Å²) in [5, 5.41) is 0. The smallest absolute Gasteiger partial charge is 0.138 e. The Morgan fingerprint density at radius 1 is 1.14 bits per heavy atom. The Labute approximate surface area is 84.1 Å². The number of hydrogen-bond acceptors (Lipinski definition) is 0. The highest BCUT2D eigenvalue weighted by Gasteiger charge is 2.11. The lowest BCUT2D eigenvalue weighted by Crippen LogP contribution is -1.88. The topological polar surface area (TPSA) is 0 Å². The van der Waals surface area contributed by atoms with Gasteiger partial charge in [0.05, 0.1) is 5.56 Å². The molecule has 0 saturated heterocycles. The molecule has 0 N–H and O–H groups in total. The van der Waals surface area contributed by atoms with Gasteiger partial charge in [-0.15, -0.1) is 0 Å². The van der Waals surface area contributed by atoms with E-state index in [0.717, 1.165) is 0 Å². The van der Waals surface area contributed by atoms with E-state index in [2.05, 4.69) is 11.8 Å². The molecule has 1 saturated carbocycles. The molecule has 1 aromatic carbocycles. The molecule has 1 fully saturated rings. The number of rotatable bonds is 0. The van der Waals surface area contributed by atoms with Gasteiger partial charge in [0.25, 0.3) is 0 Å². The molecule has 1 heteroatoms. The molecule has 0 nitrogen and oxygen atoms in total. The second kappa shape index (κ2) is 4.28. The van der Waals surface area contributed by atoms with Gasteiger partial charge in [-0.3, -0.25) is 0 Å². The van der Waals surface area contributed by atoms with Crippen LogP contribution in [0.2, 0.25) is 0 Å². The predicted molar refractivity (Wildman–Crippen MR) is 55.2 cm³/mol. The number of benzene rings is 1. The van der Waals surface area contributed by atoms with Crippen LogP contribution in [0.4, 0.5) is 4.39 Å². The Morgan fingerprint density at radius 2 is 1.86 bits per heavy atom. The van der Waals surface area contributed by atoms with Crippen LogP contribution in [0.25, 0.3) is 0 Å². The van der Waals surface area contributed by atoms with Crippen LogP contribution in [-0.2, 0) is 0 Å². The molecule has 2 rings (SSSR count). The molecule has 0 spiro atoms. The monoisotopic (exact) mass is 188 g/mol. The molecule has 1 aliphatic rings. The number of hydrogen-bond donors (Lipinski definition) is 0. The van der Waals surface area contributed by atoms with Crippen LogP contribution in [-0.4, -0.2) is 0 Å². The minimum absolute atomic E-state index is 0.210. The lowest BCUT2D eigenvalue weighted by atomic mass is 10.1. The van der Waals surface area contributed by atoms with Gasteiger partial charge in [0.1, 0.15) is 5.82 Å². The van der Waals surface area contributed by atoms with Crippen LogP contribution in [0, 0.1) is 23.6 Å². The Bertz CT molecular complexity index is 364. The molecule has 0 radical (unpaired) electrons. The summed E-state index contributed by atoms with van der Waals surface area (Å²) in [7, 11) is 0. The third-order valence-electron chi connectivity index (χ3n) is 2.64. The van der Waals surface area contributed by atoms with Gasteiger partial charge in [-0.1, -0.05) is 36.8 Å². The van der Waals surface area contributed by atoms with Gasteiger partial charge in [-0.25, -0.2) is 4.39 Å². The largest absolute Gasteiger partial charge is 0.206 e. The third-order valence-corrected chi connectivity index (χ3v) is 2.64. The fraction of sp³-hybridized carbons (Fsp3) is 0.385. The molecule has 14 heavy (non-hydrogen) atoms. The Hall–Kier alpha value is -1.29. The first-order valence-corrected chi connectivity index (χ1v) is 5.12. The summed E-state index contributed by atoms with van der Waals surface area (Å²) in [4.78, 5) is 0. The second-order valence-electron chi connectivity index (χ2n) is 3.73. The summed E-state index contributed by atoms with van der Waals surface area (Å²) in [6.45, 7) is 0. The minimum Gasteiger partial charge on any atom is -0.206 e. The average Bonchev–Trinajstić information content (AvgIpc) is 2.69. The van der Waals surface area contributed by atoms with E-state index in [9.17, 15) is 4.39 Å². The zero-order chi connectivity index (χ0) is 9.80. The Morgan fingerprint density at radius 3 is 2.57 bits per heavy atom. The van der Waals surface area contributed by atoms with Gasteiger partial charge < -0.3 is 0 Å². The summed E-state index contributed by atoms with van der Waals surface area (Å²) in [6.07, 6.45) is 4.91. The van der Waals surface area contributed by atoms with Crippen molar-refractivity contribution in [2.24, 2.45) is 5.92 Å². The normalized spacial score (nSPS) is 16.4. The summed E-state index contributed by atoms with van der Waals surface area (Å²) < 4.78 is 13.2. The van der Waals surface area contributed by atoms with E-state index in [1.807, 2.05) is 6.07 Å². The first-order chi connectivity index (χ1) is 6.86. The van der Waals surface area contributed by atoms with Crippen molar-refractivity contribution >= 4 is 0 Å². The van der Waals surface area contributed by atoms with Crippen molar-refractivity contribution in [3.8, 4) is 11.8 Å². The quantitative estimate of drug-likeness (QED) is 0.547. The van der Waals surface area contributed by atoms with Crippen LogP contribution >= 0.6 is 0 Å². The highest BCUT2D eigenvalue weighted by molar-refractivity contribution is 5.35. The van der Waals surface area contributed by atoms with Crippen LogP contribution in [0.3, 0.4) is 0 Å². The molecular formula is C13H13F. The van der Waals surface area contributed by atoms with E-state index >= 15 is 0 Å². The highest BCUT2D eigenvalue weighted by atomic mass is 19.1. The maximum absolute atomic E-state index is 13.2. The zero-order valence-electron chi connectivity index (χ0n) is 8.09. The summed E-state index contributed by atoms with van der Waals surface area (Å²) in [6, 6.07) is 6.70. The maximum Gasteiger partial charge on any atom is 0.138 e. The van der Waals surface area contributed by atoms with Crippen molar-refractivity contribution in [2.75, 3.05) is 0 Å². The minimum atomic E-state index is -0.210.